The highest BCUT2D eigenvalue weighted by Gasteiger charge is 2.46. The van der Waals surface area contributed by atoms with Crippen molar-refractivity contribution in [2.75, 3.05) is 72.0 Å². The third kappa shape index (κ3) is 11.1. The number of likely N-dealkylation sites (N-methyl/N-ethyl adjacent to an activating group) is 2. The van der Waals surface area contributed by atoms with Crippen molar-refractivity contribution in [1.29, 1.82) is 0 Å². The highest BCUT2D eigenvalue weighted by molar-refractivity contribution is 5.96. The zero-order chi connectivity index (χ0) is 53.3. The zero-order valence-corrected chi connectivity index (χ0v) is 45.2. The van der Waals surface area contributed by atoms with Gasteiger partial charge in [-0.05, 0) is 92.1 Å². The SMILES string of the molecule is CCn1c(-c2cc(N3CCN(C)CC3)cnc2[C@H](C)OC)c2c3cc(ccc31)-c1cccc(c1)C[C@H](NC(=O)[C@H](C(C)C)N(C)C(=O)[C@@H]1OCC[C@@H]1c1ccccc1)C(=O)N1CCC[C@@](O)(N1)C(=O)OCC(C)(C)C2. The van der Waals surface area contributed by atoms with Gasteiger partial charge in [-0.25, -0.2) is 4.79 Å². The number of hydrogen-bond donors (Lipinski definition) is 3. The number of carbonyl (C=O) groups is 4. The average molecular weight is 1030 g/mol. The molecule has 6 heterocycles. The van der Waals surface area contributed by atoms with Crippen LogP contribution in [0.15, 0.2) is 85.1 Å². The molecule has 5 aromatic rings. The summed E-state index contributed by atoms with van der Waals surface area (Å²) in [5, 5.41) is 17.4. The Kier molecular flexibility index (Phi) is 15.9. The van der Waals surface area contributed by atoms with Crippen LogP contribution in [0.3, 0.4) is 0 Å². The van der Waals surface area contributed by atoms with Crippen LogP contribution in [-0.4, -0.2) is 144 Å². The molecule has 9 rings (SSSR count). The number of aromatic nitrogens is 2. The highest BCUT2D eigenvalue weighted by Crippen LogP contribution is 2.43. The van der Waals surface area contributed by atoms with Gasteiger partial charge in [0.05, 0.1) is 36.0 Å². The molecule has 3 saturated heterocycles. The van der Waals surface area contributed by atoms with E-state index >= 15 is 0 Å². The molecule has 16 heteroatoms. The number of aliphatic hydroxyl groups is 1. The maximum Gasteiger partial charge on any atom is 0.355 e. The van der Waals surface area contributed by atoms with Crippen molar-refractivity contribution in [2.24, 2.45) is 11.3 Å². The molecule has 0 radical (unpaired) electrons. The summed E-state index contributed by atoms with van der Waals surface area (Å²) >= 11 is 0. The highest BCUT2D eigenvalue weighted by atomic mass is 16.6. The van der Waals surface area contributed by atoms with Gasteiger partial charge in [0, 0.05) is 101 Å². The second-order valence-electron chi connectivity index (χ2n) is 22.3. The Morgan fingerprint density at radius 1 is 0.973 bits per heavy atom. The summed E-state index contributed by atoms with van der Waals surface area (Å²) in [6, 6.07) is 24.4. The van der Waals surface area contributed by atoms with E-state index in [1.165, 1.54) is 9.91 Å². The van der Waals surface area contributed by atoms with Crippen molar-refractivity contribution in [2.45, 2.75) is 116 Å². The van der Waals surface area contributed by atoms with Gasteiger partial charge in [0.25, 0.3) is 11.8 Å². The molecule has 3 aromatic carbocycles. The number of hydrogen-bond acceptors (Lipinski definition) is 12. The van der Waals surface area contributed by atoms with Crippen molar-refractivity contribution in [3.8, 4) is 22.4 Å². The summed E-state index contributed by atoms with van der Waals surface area (Å²) in [6.45, 7) is 16.9. The fraction of sp³-hybridized carbons (Fsp3) is 0.508. The molecule has 0 spiro atoms. The van der Waals surface area contributed by atoms with E-state index in [4.69, 9.17) is 19.2 Å². The number of fused-ring (bicyclic) bond motifs is 6. The Labute approximate surface area is 441 Å². The van der Waals surface area contributed by atoms with Gasteiger partial charge in [-0.15, -0.1) is 0 Å². The van der Waals surface area contributed by atoms with Crippen molar-refractivity contribution in [1.82, 2.24) is 35.1 Å². The van der Waals surface area contributed by atoms with Crippen LogP contribution in [0.5, 0.6) is 0 Å². The summed E-state index contributed by atoms with van der Waals surface area (Å²) in [5.74, 6) is -2.79. The monoisotopic (exact) mass is 1020 g/mol. The van der Waals surface area contributed by atoms with Crippen LogP contribution in [0, 0.1) is 11.3 Å². The van der Waals surface area contributed by atoms with E-state index < -0.39 is 47.1 Å². The third-order valence-electron chi connectivity index (χ3n) is 15.9. The van der Waals surface area contributed by atoms with Gasteiger partial charge in [0.1, 0.15) is 18.2 Å². The minimum Gasteiger partial charge on any atom is -0.462 e. The van der Waals surface area contributed by atoms with E-state index in [-0.39, 0.29) is 56.3 Å². The zero-order valence-electron chi connectivity index (χ0n) is 45.2. The van der Waals surface area contributed by atoms with Crippen LogP contribution in [0.1, 0.15) is 95.2 Å². The minimum atomic E-state index is -2.23. The molecule has 16 nitrogen and oxygen atoms in total. The standard InChI is InChI=1S/C59H76N8O8/c1-10-66-49-21-20-42-32-45(49)47(52(66)46-33-43(35-60-50(46)38(4)73-9)65-27-25-63(7)26-28-65)34-58(5,6)36-75-57(71)59(72)23-15-24-67(62-59)55(69)48(31-39-16-14-19-41(42)30-39)61-54(68)51(37(2)3)64(8)56(70)53-44(22-29-74-53)40-17-12-11-13-18-40/h11-14,16-21,30,32-33,35,37-38,44,48,51,53,62,72H,10,15,22-29,31,34,36H2,1-9H3,(H,61,68)/t38-,44+,48-,51-,53+,59-/m0/s1. The number of amides is 3. The third-order valence-corrected chi connectivity index (χ3v) is 15.9. The predicted octanol–water partition coefficient (Wildman–Crippen LogP) is 6.87. The molecule has 0 unspecified atom stereocenters. The maximum atomic E-state index is 14.9. The maximum absolute atomic E-state index is 14.9. The van der Waals surface area contributed by atoms with Gasteiger partial charge < -0.3 is 43.9 Å². The molecular formula is C59H76N8O8. The topological polar surface area (TPSA) is 171 Å². The number of carbonyl (C=O) groups excluding carboxylic acids is 4. The first-order valence-electron chi connectivity index (χ1n) is 26.8. The molecule has 4 aliphatic rings. The Balaban J connectivity index is 1.12. The molecule has 6 bridgehead atoms. The number of pyridine rings is 1. The van der Waals surface area contributed by atoms with E-state index in [1.807, 2.05) is 75.5 Å². The fourth-order valence-electron chi connectivity index (χ4n) is 11.7. The van der Waals surface area contributed by atoms with Crippen molar-refractivity contribution < 1.29 is 38.5 Å². The van der Waals surface area contributed by atoms with Gasteiger partial charge in [0.2, 0.25) is 11.6 Å². The predicted molar refractivity (Wildman–Crippen MR) is 289 cm³/mol. The van der Waals surface area contributed by atoms with E-state index in [9.17, 15) is 24.3 Å². The van der Waals surface area contributed by atoms with E-state index in [0.29, 0.717) is 26.0 Å². The number of hydrazine groups is 1. The van der Waals surface area contributed by atoms with Gasteiger partial charge in [-0.1, -0.05) is 88.4 Å². The van der Waals surface area contributed by atoms with Gasteiger partial charge in [-0.3, -0.25) is 24.4 Å². The largest absolute Gasteiger partial charge is 0.462 e. The number of anilines is 1. The second-order valence-corrected chi connectivity index (χ2v) is 22.3. The quantitative estimate of drug-likeness (QED) is 0.118. The van der Waals surface area contributed by atoms with Crippen LogP contribution >= 0.6 is 0 Å². The first-order valence-corrected chi connectivity index (χ1v) is 26.8. The van der Waals surface area contributed by atoms with Crippen LogP contribution in [0.2, 0.25) is 0 Å². The molecule has 6 atom stereocenters. The number of benzene rings is 3. The lowest BCUT2D eigenvalue weighted by molar-refractivity contribution is -0.189. The Hall–Kier alpha value is -6.17. The molecule has 4 aliphatic heterocycles. The Bertz CT molecular complexity index is 2900. The van der Waals surface area contributed by atoms with Crippen LogP contribution < -0.4 is 15.6 Å². The van der Waals surface area contributed by atoms with Crippen molar-refractivity contribution >= 4 is 40.3 Å². The number of nitrogens with zero attached hydrogens (tertiary/aromatic N) is 6. The van der Waals surface area contributed by atoms with Gasteiger partial charge in [-0.2, -0.15) is 5.43 Å². The van der Waals surface area contributed by atoms with Gasteiger partial charge in [0.15, 0.2) is 0 Å². The number of methoxy groups -OCH3 is 1. The van der Waals surface area contributed by atoms with E-state index in [0.717, 1.165) is 87.5 Å². The summed E-state index contributed by atoms with van der Waals surface area (Å²) in [4.78, 5) is 69.6. The normalized spacial score (nSPS) is 23.4. The number of cyclic esters (lactones) is 1. The lowest BCUT2D eigenvalue weighted by atomic mass is 9.84. The smallest absolute Gasteiger partial charge is 0.355 e. The molecule has 2 aromatic heterocycles. The van der Waals surface area contributed by atoms with Gasteiger partial charge >= 0.3 is 5.97 Å². The number of aryl methyl sites for hydroxylation is 1. The first-order chi connectivity index (χ1) is 35.9. The second kappa shape index (κ2) is 22.2. The molecule has 3 N–H and O–H groups in total. The summed E-state index contributed by atoms with van der Waals surface area (Å²) in [5.41, 5.74) is 9.59. The van der Waals surface area contributed by atoms with Crippen molar-refractivity contribution in [3.63, 3.8) is 0 Å². The first kappa shape index (κ1) is 53.6. The lowest BCUT2D eigenvalue weighted by Crippen LogP contribution is -2.67. The Morgan fingerprint density at radius 2 is 1.72 bits per heavy atom. The lowest BCUT2D eigenvalue weighted by Gasteiger charge is -2.40. The van der Waals surface area contributed by atoms with Crippen molar-refractivity contribution in [3.05, 3.63) is 107 Å². The molecule has 0 aliphatic carbocycles. The molecule has 3 amide bonds. The molecular weight excluding hydrogens is 949 g/mol. The van der Waals surface area contributed by atoms with Crippen LogP contribution in [0.25, 0.3) is 33.3 Å². The average Bonchev–Trinajstić information content (AvgIpc) is 4.02. The number of ether oxygens (including phenoxy) is 3. The summed E-state index contributed by atoms with van der Waals surface area (Å²) < 4.78 is 20.5. The van der Waals surface area contributed by atoms with Crippen LogP contribution in [-0.2, 0) is 52.8 Å². The summed E-state index contributed by atoms with van der Waals surface area (Å²) in [7, 11) is 5.47. The van der Waals surface area contributed by atoms with E-state index in [2.05, 4.69) is 83.3 Å². The summed E-state index contributed by atoms with van der Waals surface area (Å²) in [6.07, 6.45) is 2.39. The van der Waals surface area contributed by atoms with E-state index in [1.54, 1.807) is 14.2 Å². The minimum absolute atomic E-state index is 0.00131. The molecule has 3 fully saturated rings. The Morgan fingerprint density at radius 3 is 2.44 bits per heavy atom. The molecule has 0 saturated carbocycles. The fourth-order valence-corrected chi connectivity index (χ4v) is 11.7. The number of piperazine rings is 1. The number of esters is 1. The molecule has 400 valence electrons. The van der Waals surface area contributed by atoms with Crippen LogP contribution in [0.4, 0.5) is 5.69 Å². The number of rotatable bonds is 11. The molecule has 75 heavy (non-hydrogen) atoms. The number of nitrogens with one attached hydrogen (secondary N) is 2.